The first-order chi connectivity index (χ1) is 27.5. The molecule has 21 nitrogen and oxygen atoms in total. The molecular formula is C35H59N3O18. The number of non-ortho nitro benzene ring substituents is 1. The third-order valence-corrected chi connectivity index (χ3v) is 6.68. The van der Waals surface area contributed by atoms with Crippen LogP contribution in [0.4, 0.5) is 17.1 Å². The van der Waals surface area contributed by atoms with Gasteiger partial charge in [0, 0.05) is 18.7 Å². The molecule has 1 N–H and O–H groups in total. The molecule has 21 heteroatoms. The molecule has 1 aromatic rings. The quantitative estimate of drug-likeness (QED) is 0.0326. The number of hydrogen-bond acceptors (Lipinski definition) is 19. The van der Waals surface area contributed by atoms with Gasteiger partial charge in [0.25, 0.3) is 11.4 Å². The molecule has 0 aliphatic rings. The van der Waals surface area contributed by atoms with Crippen molar-refractivity contribution in [1.82, 2.24) is 0 Å². The Labute approximate surface area is 327 Å². The van der Waals surface area contributed by atoms with Crippen LogP contribution < -0.4 is 5.32 Å². The molecule has 0 fully saturated rings. The number of nitrogens with zero attached hydrogens (tertiary/aromatic N) is 2. The van der Waals surface area contributed by atoms with Gasteiger partial charge >= 0.3 is 5.97 Å². The van der Waals surface area contributed by atoms with Crippen molar-refractivity contribution in [3.63, 3.8) is 0 Å². The van der Waals surface area contributed by atoms with Crippen LogP contribution in [-0.2, 0) is 66.4 Å². The molecule has 0 atom stereocenters. The van der Waals surface area contributed by atoms with Crippen molar-refractivity contribution in [3.8, 4) is 0 Å². The van der Waals surface area contributed by atoms with E-state index in [1.54, 1.807) is 0 Å². The molecule has 0 heterocycles. The summed E-state index contributed by atoms with van der Waals surface area (Å²) in [6, 6.07) is 3.42. The van der Waals surface area contributed by atoms with Gasteiger partial charge in [-0.2, -0.15) is 0 Å². The van der Waals surface area contributed by atoms with Crippen molar-refractivity contribution < 1.29 is 76.2 Å². The highest BCUT2D eigenvalue weighted by Gasteiger charge is 2.19. The van der Waals surface area contributed by atoms with E-state index in [1.165, 1.54) is 12.1 Å². The average molecular weight is 810 g/mol. The van der Waals surface area contributed by atoms with Crippen LogP contribution in [0.15, 0.2) is 30.9 Å². The van der Waals surface area contributed by atoms with Crippen LogP contribution in [0.1, 0.15) is 0 Å². The Morgan fingerprint density at radius 2 is 0.804 bits per heavy atom. The van der Waals surface area contributed by atoms with Crippen molar-refractivity contribution in [2.24, 2.45) is 0 Å². The molecule has 0 amide bonds. The van der Waals surface area contributed by atoms with Crippen molar-refractivity contribution >= 4 is 23.0 Å². The fraction of sp³-hybridized carbons (Fsp3) is 0.743. The maximum Gasteiger partial charge on any atom is 0.330 e. The molecule has 0 unspecified atom stereocenters. The van der Waals surface area contributed by atoms with Crippen LogP contribution >= 0.6 is 0 Å². The van der Waals surface area contributed by atoms with Crippen molar-refractivity contribution in [1.29, 1.82) is 0 Å². The Kier molecular flexibility index (Phi) is 34.7. The Bertz CT molecular complexity index is 1140. The summed E-state index contributed by atoms with van der Waals surface area (Å²) in [6.45, 7) is 14.0. The van der Waals surface area contributed by atoms with Crippen LogP contribution in [0.3, 0.4) is 0 Å². The van der Waals surface area contributed by atoms with Gasteiger partial charge in [-0.3, -0.25) is 20.2 Å². The number of anilines is 1. The lowest BCUT2D eigenvalue weighted by Gasteiger charge is -2.09. The number of nitro groups is 2. The molecule has 1 rings (SSSR count). The monoisotopic (exact) mass is 809 g/mol. The molecule has 56 heavy (non-hydrogen) atoms. The minimum absolute atomic E-state index is 0.180. The van der Waals surface area contributed by atoms with E-state index >= 15 is 0 Å². The molecule has 0 saturated carbocycles. The minimum Gasteiger partial charge on any atom is -0.460 e. The smallest absolute Gasteiger partial charge is 0.330 e. The van der Waals surface area contributed by atoms with Crippen molar-refractivity contribution in [2.75, 3.05) is 177 Å². The van der Waals surface area contributed by atoms with E-state index in [4.69, 9.17) is 61.6 Å². The van der Waals surface area contributed by atoms with Crippen LogP contribution in [0, 0.1) is 20.2 Å². The number of nitro benzene ring substituents is 2. The molecule has 0 aliphatic carbocycles. The van der Waals surface area contributed by atoms with Gasteiger partial charge in [0.15, 0.2) is 0 Å². The van der Waals surface area contributed by atoms with Gasteiger partial charge in [0.2, 0.25) is 0 Å². The van der Waals surface area contributed by atoms with Crippen molar-refractivity contribution in [3.05, 3.63) is 51.1 Å². The second-order valence-corrected chi connectivity index (χ2v) is 10.9. The second kappa shape index (κ2) is 38.4. The first-order valence-corrected chi connectivity index (χ1v) is 18.3. The van der Waals surface area contributed by atoms with Gasteiger partial charge in [-0.15, -0.1) is 0 Å². The van der Waals surface area contributed by atoms with Gasteiger partial charge in [-0.25, -0.2) is 4.79 Å². The summed E-state index contributed by atoms with van der Waals surface area (Å²) in [5.74, 6) is -0.470. The summed E-state index contributed by atoms with van der Waals surface area (Å²) in [4.78, 5) is 31.5. The molecular weight excluding hydrogens is 750 g/mol. The lowest BCUT2D eigenvalue weighted by atomic mass is 10.2. The summed E-state index contributed by atoms with van der Waals surface area (Å²) in [5.41, 5.74) is -0.540. The van der Waals surface area contributed by atoms with Crippen LogP contribution in [0.25, 0.3) is 0 Å². The first-order valence-electron chi connectivity index (χ1n) is 18.3. The summed E-state index contributed by atoms with van der Waals surface area (Å²) >= 11 is 0. The number of hydrogen-bond donors (Lipinski definition) is 1. The van der Waals surface area contributed by atoms with Gasteiger partial charge in [-0.05, 0) is 6.07 Å². The zero-order valence-corrected chi connectivity index (χ0v) is 32.1. The summed E-state index contributed by atoms with van der Waals surface area (Å²) < 4.78 is 69.9. The number of esters is 1. The number of benzene rings is 1. The Hall–Kier alpha value is -3.45. The summed E-state index contributed by atoms with van der Waals surface area (Å²) in [6.07, 6.45) is 1.11. The van der Waals surface area contributed by atoms with Gasteiger partial charge < -0.3 is 66.9 Å². The highest BCUT2D eigenvalue weighted by molar-refractivity contribution is 5.81. The van der Waals surface area contributed by atoms with Gasteiger partial charge in [0.05, 0.1) is 174 Å². The maximum absolute atomic E-state index is 11.2. The van der Waals surface area contributed by atoms with Crippen molar-refractivity contribution in [2.45, 2.75) is 0 Å². The molecule has 1 aromatic carbocycles. The highest BCUT2D eigenvalue weighted by atomic mass is 16.6. The normalized spacial score (nSPS) is 11.1. The number of ether oxygens (including phenoxy) is 13. The second-order valence-electron chi connectivity index (χ2n) is 10.9. The van der Waals surface area contributed by atoms with E-state index in [9.17, 15) is 25.0 Å². The van der Waals surface area contributed by atoms with Gasteiger partial charge in [-0.1, -0.05) is 6.58 Å². The van der Waals surface area contributed by atoms with E-state index in [2.05, 4.69) is 11.9 Å². The molecule has 0 radical (unpaired) electrons. The fourth-order valence-electron chi connectivity index (χ4n) is 3.97. The van der Waals surface area contributed by atoms with Crippen LogP contribution in [0.2, 0.25) is 0 Å². The Morgan fingerprint density at radius 1 is 0.500 bits per heavy atom. The first kappa shape index (κ1) is 50.6. The largest absolute Gasteiger partial charge is 0.460 e. The molecule has 0 aliphatic heterocycles. The third-order valence-electron chi connectivity index (χ3n) is 6.68. The van der Waals surface area contributed by atoms with Crippen LogP contribution in [0.5, 0.6) is 0 Å². The van der Waals surface area contributed by atoms with E-state index in [0.717, 1.165) is 12.1 Å². The summed E-state index contributed by atoms with van der Waals surface area (Å²) in [5, 5.41) is 24.8. The van der Waals surface area contributed by atoms with E-state index < -0.39 is 15.8 Å². The topological polar surface area (TPSA) is 235 Å². The zero-order chi connectivity index (χ0) is 40.6. The molecule has 0 bridgehead atoms. The molecule has 0 saturated heterocycles. The SMILES string of the molecule is C=CC(=O)OCCOCCOCCOCCOCCOCCOCCOCCOCCOCCOCCOCCOCCNc1ccc([N+](=O)[O-])cc1[N+](=O)[O-]. The van der Waals surface area contributed by atoms with Gasteiger partial charge in [0.1, 0.15) is 12.3 Å². The standard InChI is InChI=1S/C35H59N3O18/c1-2-35(39)56-30-29-55-28-27-54-26-25-53-24-23-52-22-21-51-20-19-50-18-17-49-16-15-48-14-13-47-12-11-46-10-9-45-8-7-44-6-5-36-33-4-3-32(37(40)41)31-34(33)38(42)43/h2-4,31,36H,1,5-30H2. The number of nitrogens with one attached hydrogen (secondary N) is 1. The minimum atomic E-state index is -0.684. The number of carbonyl (C=O) groups is 1. The molecule has 0 aromatic heterocycles. The Balaban J connectivity index is 1.69. The van der Waals surface area contributed by atoms with E-state index in [-0.39, 0.29) is 36.8 Å². The lowest BCUT2D eigenvalue weighted by Crippen LogP contribution is -2.16. The predicted octanol–water partition coefficient (Wildman–Crippen LogP) is 1.84. The van der Waals surface area contributed by atoms with Crippen LogP contribution in [-0.4, -0.2) is 188 Å². The zero-order valence-electron chi connectivity index (χ0n) is 32.1. The average Bonchev–Trinajstić information content (AvgIpc) is 3.19. The highest BCUT2D eigenvalue weighted by Crippen LogP contribution is 2.28. The number of carbonyl (C=O) groups excluding carboxylic acids is 1. The maximum atomic E-state index is 11.2. The predicted molar refractivity (Wildman–Crippen MR) is 199 cm³/mol. The van der Waals surface area contributed by atoms with E-state index in [0.29, 0.717) is 152 Å². The van der Waals surface area contributed by atoms with E-state index in [1.807, 2.05) is 0 Å². The lowest BCUT2D eigenvalue weighted by molar-refractivity contribution is -0.393. The fourth-order valence-corrected chi connectivity index (χ4v) is 3.97. The summed E-state index contributed by atoms with van der Waals surface area (Å²) in [7, 11) is 0. The third kappa shape index (κ3) is 31.7. The Morgan fingerprint density at radius 3 is 1.09 bits per heavy atom. The molecule has 0 spiro atoms. The number of rotatable bonds is 43. The molecule has 322 valence electrons.